The van der Waals surface area contributed by atoms with Gasteiger partial charge in [0.2, 0.25) is 0 Å². The molecule has 2 aromatic rings. The minimum atomic E-state index is -1.29. The summed E-state index contributed by atoms with van der Waals surface area (Å²) in [5.74, 6) is -1.22. The van der Waals surface area contributed by atoms with Gasteiger partial charge in [-0.1, -0.05) is 43.3 Å². The van der Waals surface area contributed by atoms with Gasteiger partial charge in [0.1, 0.15) is 5.56 Å². The summed E-state index contributed by atoms with van der Waals surface area (Å²) in [6, 6.07) is 14.1. The van der Waals surface area contributed by atoms with E-state index in [1.807, 2.05) is 37.3 Å². The molecular weight excluding hydrogens is 270 g/mol. The van der Waals surface area contributed by atoms with Crippen LogP contribution in [0.5, 0.6) is 0 Å². The highest BCUT2D eigenvalue weighted by atomic mass is 16.6. The molecule has 1 unspecified atom stereocenters. The minimum Gasteiger partial charge on any atom is -0.477 e. The summed E-state index contributed by atoms with van der Waals surface area (Å²) >= 11 is 0. The zero-order valence-corrected chi connectivity index (χ0v) is 11.5. The van der Waals surface area contributed by atoms with Crippen LogP contribution in [0.2, 0.25) is 0 Å². The normalized spacial score (nSPS) is 11.9. The molecule has 0 aliphatic rings. The molecule has 21 heavy (non-hydrogen) atoms. The summed E-state index contributed by atoms with van der Waals surface area (Å²) in [5, 5.41) is 20.0. The maximum Gasteiger partial charge on any atom is 0.342 e. The number of nitro benzene ring substituents is 1. The Morgan fingerprint density at radius 3 is 2.48 bits per heavy atom. The first-order valence-electron chi connectivity index (χ1n) is 6.54. The van der Waals surface area contributed by atoms with E-state index in [4.69, 9.17) is 5.11 Å². The van der Waals surface area contributed by atoms with Gasteiger partial charge in [-0.15, -0.1) is 0 Å². The topological polar surface area (TPSA) is 80.4 Å². The van der Waals surface area contributed by atoms with E-state index in [0.717, 1.165) is 17.5 Å². The molecule has 0 saturated carbocycles. The smallest absolute Gasteiger partial charge is 0.342 e. The molecule has 0 heterocycles. The fraction of sp³-hybridized carbons (Fsp3) is 0.188. The van der Waals surface area contributed by atoms with Crippen LogP contribution in [0, 0.1) is 10.1 Å². The number of nitro groups is 1. The van der Waals surface area contributed by atoms with Crippen molar-refractivity contribution in [2.75, 3.05) is 0 Å². The molecule has 0 fully saturated rings. The third-order valence-corrected chi connectivity index (χ3v) is 3.40. The van der Waals surface area contributed by atoms with Crippen LogP contribution in [-0.4, -0.2) is 16.0 Å². The number of carboxylic acids is 1. The number of hydrogen-bond donors (Lipinski definition) is 1. The lowest BCUT2D eigenvalue weighted by Crippen LogP contribution is -2.05. The van der Waals surface area contributed by atoms with Crippen LogP contribution in [0.4, 0.5) is 5.69 Å². The molecule has 0 bridgehead atoms. The SMILES string of the molecule is CC(Cc1ccccc1)c1ccc(C(=O)O)c([N+](=O)[O-])c1. The van der Waals surface area contributed by atoms with Gasteiger partial charge in [0.25, 0.3) is 5.69 Å². The number of carboxylic acid groups (broad SMARTS) is 1. The average molecular weight is 285 g/mol. The molecule has 0 radical (unpaired) electrons. The van der Waals surface area contributed by atoms with Crippen molar-refractivity contribution >= 4 is 11.7 Å². The Morgan fingerprint density at radius 2 is 1.90 bits per heavy atom. The van der Waals surface area contributed by atoms with Crippen molar-refractivity contribution in [2.24, 2.45) is 0 Å². The van der Waals surface area contributed by atoms with E-state index >= 15 is 0 Å². The van der Waals surface area contributed by atoms with Crippen molar-refractivity contribution in [3.8, 4) is 0 Å². The lowest BCUT2D eigenvalue weighted by molar-refractivity contribution is -0.385. The molecule has 5 heteroatoms. The maximum absolute atomic E-state index is 11.0. The van der Waals surface area contributed by atoms with Gasteiger partial charge in [-0.2, -0.15) is 0 Å². The molecule has 1 atom stereocenters. The maximum atomic E-state index is 11.0. The van der Waals surface area contributed by atoms with E-state index in [9.17, 15) is 14.9 Å². The van der Waals surface area contributed by atoms with Crippen LogP contribution >= 0.6 is 0 Å². The van der Waals surface area contributed by atoms with Crippen molar-refractivity contribution in [2.45, 2.75) is 19.3 Å². The highest BCUT2D eigenvalue weighted by Gasteiger charge is 2.21. The standard InChI is InChI=1S/C16H15NO4/c1-11(9-12-5-3-2-4-6-12)13-7-8-14(16(18)19)15(10-13)17(20)21/h2-8,10-11H,9H2,1H3,(H,18,19). The molecule has 0 spiro atoms. The molecule has 1 N–H and O–H groups in total. The van der Waals surface area contributed by atoms with Crippen molar-refractivity contribution < 1.29 is 14.8 Å². The number of carbonyl (C=O) groups is 1. The van der Waals surface area contributed by atoms with Gasteiger partial charge in [-0.3, -0.25) is 10.1 Å². The molecule has 0 amide bonds. The van der Waals surface area contributed by atoms with Gasteiger partial charge in [0.05, 0.1) is 4.92 Å². The summed E-state index contributed by atoms with van der Waals surface area (Å²) in [6.07, 6.45) is 0.740. The zero-order chi connectivity index (χ0) is 15.4. The molecule has 2 rings (SSSR count). The second kappa shape index (κ2) is 6.17. The van der Waals surface area contributed by atoms with E-state index in [1.54, 1.807) is 6.07 Å². The monoisotopic (exact) mass is 285 g/mol. The van der Waals surface area contributed by atoms with Crippen molar-refractivity contribution in [3.63, 3.8) is 0 Å². The first-order valence-corrected chi connectivity index (χ1v) is 6.54. The summed E-state index contributed by atoms with van der Waals surface area (Å²) in [5.41, 5.74) is 1.25. The van der Waals surface area contributed by atoms with E-state index < -0.39 is 10.9 Å². The Kier molecular flexibility index (Phi) is 4.33. The second-order valence-corrected chi connectivity index (χ2v) is 4.93. The first kappa shape index (κ1) is 14.7. The molecule has 108 valence electrons. The Balaban J connectivity index is 2.30. The first-order chi connectivity index (χ1) is 9.99. The van der Waals surface area contributed by atoms with Crippen LogP contribution in [0.25, 0.3) is 0 Å². The van der Waals surface area contributed by atoms with Gasteiger partial charge in [-0.25, -0.2) is 4.79 Å². The average Bonchev–Trinajstić information content (AvgIpc) is 2.47. The Morgan fingerprint density at radius 1 is 1.24 bits per heavy atom. The van der Waals surface area contributed by atoms with Gasteiger partial charge < -0.3 is 5.11 Å². The molecule has 5 nitrogen and oxygen atoms in total. The number of rotatable bonds is 5. The zero-order valence-electron chi connectivity index (χ0n) is 11.5. The van der Waals surface area contributed by atoms with E-state index in [2.05, 4.69) is 0 Å². The number of hydrogen-bond acceptors (Lipinski definition) is 3. The van der Waals surface area contributed by atoms with Crippen LogP contribution in [0.3, 0.4) is 0 Å². The van der Waals surface area contributed by atoms with Gasteiger partial charge in [-0.05, 0) is 29.5 Å². The third kappa shape index (κ3) is 3.45. The molecule has 2 aromatic carbocycles. The van der Waals surface area contributed by atoms with Gasteiger partial charge in [0, 0.05) is 6.07 Å². The van der Waals surface area contributed by atoms with Crippen molar-refractivity contribution in [3.05, 3.63) is 75.3 Å². The summed E-state index contributed by atoms with van der Waals surface area (Å²) in [6.45, 7) is 1.96. The predicted octanol–water partition coefficient (Wildman–Crippen LogP) is 3.64. The largest absolute Gasteiger partial charge is 0.477 e. The molecule has 0 aliphatic heterocycles. The van der Waals surface area contributed by atoms with Gasteiger partial charge in [0.15, 0.2) is 0 Å². The summed E-state index contributed by atoms with van der Waals surface area (Å²) < 4.78 is 0. The Hall–Kier alpha value is -2.69. The number of benzene rings is 2. The minimum absolute atomic E-state index is 0.0638. The molecular formula is C16H15NO4. The number of nitrogens with zero attached hydrogens (tertiary/aromatic N) is 1. The van der Waals surface area contributed by atoms with Crippen LogP contribution in [0.1, 0.15) is 34.3 Å². The van der Waals surface area contributed by atoms with Crippen LogP contribution in [0.15, 0.2) is 48.5 Å². The lowest BCUT2D eigenvalue weighted by atomic mass is 9.92. The van der Waals surface area contributed by atoms with E-state index in [1.165, 1.54) is 12.1 Å². The molecule has 0 aromatic heterocycles. The highest BCUT2D eigenvalue weighted by Crippen LogP contribution is 2.27. The Labute approximate surface area is 122 Å². The quantitative estimate of drug-likeness (QED) is 0.671. The highest BCUT2D eigenvalue weighted by molar-refractivity contribution is 5.92. The van der Waals surface area contributed by atoms with Crippen molar-refractivity contribution in [1.82, 2.24) is 0 Å². The fourth-order valence-electron chi connectivity index (χ4n) is 2.27. The van der Waals surface area contributed by atoms with Crippen LogP contribution in [-0.2, 0) is 6.42 Å². The Bertz CT molecular complexity index is 667. The summed E-state index contributed by atoms with van der Waals surface area (Å²) in [4.78, 5) is 21.3. The van der Waals surface area contributed by atoms with Gasteiger partial charge >= 0.3 is 5.97 Å². The molecule has 0 aliphatic carbocycles. The second-order valence-electron chi connectivity index (χ2n) is 4.93. The van der Waals surface area contributed by atoms with Crippen molar-refractivity contribution in [1.29, 1.82) is 0 Å². The van der Waals surface area contributed by atoms with Crippen LogP contribution < -0.4 is 0 Å². The molecule has 0 saturated heterocycles. The lowest BCUT2D eigenvalue weighted by Gasteiger charge is -2.12. The predicted molar refractivity (Wildman–Crippen MR) is 78.6 cm³/mol. The van der Waals surface area contributed by atoms with E-state index in [-0.39, 0.29) is 17.2 Å². The summed E-state index contributed by atoms with van der Waals surface area (Å²) in [7, 11) is 0. The number of aromatic carboxylic acids is 1. The fourth-order valence-corrected chi connectivity index (χ4v) is 2.27. The third-order valence-electron chi connectivity index (χ3n) is 3.40. The van der Waals surface area contributed by atoms with E-state index in [0.29, 0.717) is 0 Å².